The SMILES string of the molecule is OCc1nnc(Oc2ccc(-c3ccccc3)cc2Cl)s1. The summed E-state index contributed by atoms with van der Waals surface area (Å²) in [5.74, 6) is 0.511. The van der Waals surface area contributed by atoms with Gasteiger partial charge in [0.15, 0.2) is 0 Å². The number of benzene rings is 2. The standard InChI is InChI=1S/C15H11ClN2O2S/c16-12-8-11(10-4-2-1-3-5-10)6-7-13(12)20-15-18-17-14(9-19)21-15/h1-8,19H,9H2. The van der Waals surface area contributed by atoms with E-state index in [1.54, 1.807) is 6.07 Å². The number of aliphatic hydroxyl groups excluding tert-OH is 1. The molecule has 1 N–H and O–H groups in total. The van der Waals surface area contributed by atoms with Crippen molar-refractivity contribution in [3.63, 3.8) is 0 Å². The van der Waals surface area contributed by atoms with Crippen molar-refractivity contribution < 1.29 is 9.84 Å². The van der Waals surface area contributed by atoms with Crippen LogP contribution < -0.4 is 4.74 Å². The van der Waals surface area contributed by atoms with E-state index in [0.29, 0.717) is 21.0 Å². The predicted octanol–water partition coefficient (Wildman–Crippen LogP) is 4.14. The Morgan fingerprint density at radius 3 is 2.52 bits per heavy atom. The van der Waals surface area contributed by atoms with Gasteiger partial charge in [-0.05, 0) is 23.3 Å². The number of hydrogen-bond donors (Lipinski definition) is 1. The van der Waals surface area contributed by atoms with Crippen molar-refractivity contribution in [1.29, 1.82) is 0 Å². The van der Waals surface area contributed by atoms with Crippen molar-refractivity contribution in [3.05, 3.63) is 58.6 Å². The maximum atomic E-state index is 8.96. The first-order chi connectivity index (χ1) is 10.3. The zero-order valence-corrected chi connectivity index (χ0v) is 12.4. The molecule has 4 nitrogen and oxygen atoms in total. The van der Waals surface area contributed by atoms with Crippen molar-refractivity contribution in [2.45, 2.75) is 6.61 Å². The fourth-order valence-electron chi connectivity index (χ4n) is 1.83. The van der Waals surface area contributed by atoms with Crippen molar-refractivity contribution in [1.82, 2.24) is 10.2 Å². The first kappa shape index (κ1) is 14.0. The molecule has 21 heavy (non-hydrogen) atoms. The van der Waals surface area contributed by atoms with E-state index in [2.05, 4.69) is 10.2 Å². The van der Waals surface area contributed by atoms with Gasteiger partial charge < -0.3 is 9.84 Å². The molecule has 0 saturated heterocycles. The summed E-state index contributed by atoms with van der Waals surface area (Å²) in [6.07, 6.45) is 0. The Kier molecular flexibility index (Phi) is 4.15. The zero-order chi connectivity index (χ0) is 14.7. The van der Waals surface area contributed by atoms with Gasteiger partial charge in [0.25, 0.3) is 5.19 Å². The van der Waals surface area contributed by atoms with Crippen LogP contribution in [-0.4, -0.2) is 15.3 Å². The molecule has 3 aromatic rings. The summed E-state index contributed by atoms with van der Waals surface area (Å²) in [5.41, 5.74) is 2.10. The van der Waals surface area contributed by atoms with Gasteiger partial charge in [0.1, 0.15) is 10.8 Å². The molecule has 106 valence electrons. The molecule has 1 aromatic heterocycles. The van der Waals surface area contributed by atoms with Crippen LogP contribution in [0.15, 0.2) is 48.5 Å². The Balaban J connectivity index is 1.84. The highest BCUT2D eigenvalue weighted by Crippen LogP contribution is 2.34. The number of nitrogens with zero attached hydrogens (tertiary/aromatic N) is 2. The number of aliphatic hydroxyl groups is 1. The molecule has 0 atom stereocenters. The second-order valence-electron chi connectivity index (χ2n) is 4.23. The molecule has 0 spiro atoms. The van der Waals surface area contributed by atoms with Gasteiger partial charge in [0.2, 0.25) is 0 Å². The minimum absolute atomic E-state index is 0.151. The monoisotopic (exact) mass is 318 g/mol. The third-order valence-electron chi connectivity index (χ3n) is 2.82. The van der Waals surface area contributed by atoms with Crippen molar-refractivity contribution in [2.75, 3.05) is 0 Å². The molecule has 0 amide bonds. The lowest BCUT2D eigenvalue weighted by Gasteiger charge is -2.07. The lowest BCUT2D eigenvalue weighted by Crippen LogP contribution is -1.86. The van der Waals surface area contributed by atoms with E-state index in [-0.39, 0.29) is 6.61 Å². The summed E-state index contributed by atoms with van der Waals surface area (Å²) in [7, 11) is 0. The zero-order valence-electron chi connectivity index (χ0n) is 10.9. The summed E-state index contributed by atoms with van der Waals surface area (Å²) < 4.78 is 5.58. The Morgan fingerprint density at radius 1 is 1.05 bits per heavy atom. The molecule has 0 saturated carbocycles. The smallest absolute Gasteiger partial charge is 0.299 e. The third kappa shape index (κ3) is 3.21. The molecule has 3 rings (SSSR count). The quantitative estimate of drug-likeness (QED) is 0.785. The molecule has 0 aliphatic heterocycles. The second kappa shape index (κ2) is 6.22. The molecule has 2 aromatic carbocycles. The highest BCUT2D eigenvalue weighted by Gasteiger charge is 2.09. The largest absolute Gasteiger partial charge is 0.428 e. The van der Waals surface area contributed by atoms with Crippen molar-refractivity contribution >= 4 is 22.9 Å². The molecular formula is C15H11ClN2O2S. The van der Waals surface area contributed by atoms with Crippen LogP contribution in [0.5, 0.6) is 10.9 Å². The Bertz CT molecular complexity index is 746. The van der Waals surface area contributed by atoms with E-state index in [9.17, 15) is 0 Å². The number of halogens is 1. The molecule has 0 unspecified atom stereocenters. The normalized spacial score (nSPS) is 10.6. The van der Waals surface area contributed by atoms with Gasteiger partial charge in [-0.3, -0.25) is 0 Å². The first-order valence-corrected chi connectivity index (χ1v) is 7.42. The van der Waals surface area contributed by atoms with E-state index in [0.717, 1.165) is 11.1 Å². The number of rotatable bonds is 4. The van der Waals surface area contributed by atoms with Crippen molar-refractivity contribution in [2.24, 2.45) is 0 Å². The second-order valence-corrected chi connectivity index (χ2v) is 5.66. The lowest BCUT2D eigenvalue weighted by molar-refractivity contribution is 0.280. The molecule has 0 bridgehead atoms. The number of hydrogen-bond acceptors (Lipinski definition) is 5. The summed E-state index contributed by atoms with van der Waals surface area (Å²) in [6, 6.07) is 15.5. The van der Waals surface area contributed by atoms with E-state index in [1.807, 2.05) is 42.5 Å². The minimum Gasteiger partial charge on any atom is -0.428 e. The Labute approximate surface area is 130 Å². The molecule has 0 aliphatic carbocycles. The molecule has 0 aliphatic rings. The third-order valence-corrected chi connectivity index (χ3v) is 3.90. The number of ether oxygens (including phenoxy) is 1. The van der Waals surface area contributed by atoms with Gasteiger partial charge in [0, 0.05) is 0 Å². The van der Waals surface area contributed by atoms with Crippen LogP contribution >= 0.6 is 22.9 Å². The minimum atomic E-state index is -0.151. The van der Waals surface area contributed by atoms with Crippen LogP contribution in [0, 0.1) is 0 Å². The van der Waals surface area contributed by atoms with Gasteiger partial charge in [-0.2, -0.15) is 0 Å². The van der Waals surface area contributed by atoms with Crippen LogP contribution in [-0.2, 0) is 6.61 Å². The summed E-state index contributed by atoms with van der Waals surface area (Å²) in [4.78, 5) is 0. The van der Waals surface area contributed by atoms with Gasteiger partial charge in [-0.25, -0.2) is 0 Å². The Hall–Kier alpha value is -1.95. The average Bonchev–Trinajstić information content (AvgIpc) is 2.98. The van der Waals surface area contributed by atoms with Crippen LogP contribution in [0.4, 0.5) is 0 Å². The average molecular weight is 319 g/mol. The summed E-state index contributed by atoms with van der Waals surface area (Å²) >= 11 is 7.44. The molecule has 6 heteroatoms. The molecular weight excluding hydrogens is 308 g/mol. The van der Waals surface area contributed by atoms with E-state index >= 15 is 0 Å². The summed E-state index contributed by atoms with van der Waals surface area (Å²) in [6.45, 7) is -0.151. The van der Waals surface area contributed by atoms with Gasteiger partial charge >= 0.3 is 0 Å². The highest BCUT2D eigenvalue weighted by molar-refractivity contribution is 7.13. The van der Waals surface area contributed by atoms with Crippen LogP contribution in [0.3, 0.4) is 0 Å². The molecule has 0 fully saturated rings. The van der Waals surface area contributed by atoms with E-state index in [1.165, 1.54) is 11.3 Å². The van der Waals surface area contributed by atoms with Crippen LogP contribution in [0.25, 0.3) is 11.1 Å². The topological polar surface area (TPSA) is 55.2 Å². The predicted molar refractivity (Wildman–Crippen MR) is 82.8 cm³/mol. The van der Waals surface area contributed by atoms with E-state index in [4.69, 9.17) is 21.4 Å². The molecule has 0 radical (unpaired) electrons. The van der Waals surface area contributed by atoms with Crippen LogP contribution in [0.2, 0.25) is 5.02 Å². The van der Waals surface area contributed by atoms with Gasteiger partial charge in [-0.15, -0.1) is 5.10 Å². The van der Waals surface area contributed by atoms with Crippen LogP contribution in [0.1, 0.15) is 5.01 Å². The van der Waals surface area contributed by atoms with E-state index < -0.39 is 0 Å². The Morgan fingerprint density at radius 2 is 1.86 bits per heavy atom. The maximum absolute atomic E-state index is 8.96. The first-order valence-electron chi connectivity index (χ1n) is 6.22. The summed E-state index contributed by atoms with van der Waals surface area (Å²) in [5, 5.41) is 17.9. The molecule has 1 heterocycles. The lowest BCUT2D eigenvalue weighted by atomic mass is 10.1. The number of aromatic nitrogens is 2. The van der Waals surface area contributed by atoms with Gasteiger partial charge in [-0.1, -0.05) is 64.4 Å². The highest BCUT2D eigenvalue weighted by atomic mass is 35.5. The van der Waals surface area contributed by atoms with Gasteiger partial charge in [0.05, 0.1) is 11.6 Å². The van der Waals surface area contributed by atoms with Crippen molar-refractivity contribution in [3.8, 4) is 22.1 Å². The maximum Gasteiger partial charge on any atom is 0.299 e. The fraction of sp³-hybridized carbons (Fsp3) is 0.0667. The fourth-order valence-corrected chi connectivity index (χ4v) is 2.61.